The van der Waals surface area contributed by atoms with Gasteiger partial charge < -0.3 is 140 Å². The number of halogens is 2. The molecular weight excluding hydrogens is 1290 g/mol. The summed E-state index contributed by atoms with van der Waals surface area (Å²) in [5.41, 5.74) is -3.33. The minimum absolute atomic E-state index is 0.00377. The van der Waals surface area contributed by atoms with Crippen LogP contribution in [-0.2, 0) is 114 Å². The van der Waals surface area contributed by atoms with E-state index in [1.165, 1.54) is 49.2 Å². The molecule has 11 rings (SSSR count). The van der Waals surface area contributed by atoms with Gasteiger partial charge in [0.05, 0.1) is 74.5 Å². The third kappa shape index (κ3) is 13.0. The van der Waals surface area contributed by atoms with E-state index in [2.05, 4.69) is 0 Å². The Hall–Kier alpha value is -2.99. The van der Waals surface area contributed by atoms with E-state index < -0.39 is 212 Å². The first kappa shape index (κ1) is 71.3. The number of esters is 2. The van der Waals surface area contributed by atoms with Gasteiger partial charge in [-0.25, -0.2) is 4.79 Å². The second-order valence-electron chi connectivity index (χ2n) is 25.2. The molecule has 34 heteroatoms. The molecule has 32 nitrogen and oxygen atoms in total. The molecule has 2 spiro atoms. The van der Waals surface area contributed by atoms with Gasteiger partial charge in [-0.3, -0.25) is 9.59 Å². The van der Waals surface area contributed by atoms with Gasteiger partial charge in [0, 0.05) is 41.1 Å². The summed E-state index contributed by atoms with van der Waals surface area (Å²) in [6.45, 7) is 12.9. The Morgan fingerprint density at radius 1 is 0.634 bits per heavy atom. The highest BCUT2D eigenvalue weighted by Crippen LogP contribution is 2.53. The highest BCUT2D eigenvalue weighted by Gasteiger charge is 2.73. The number of carbonyl (C=O) groups is 3. The minimum Gasteiger partial charge on any atom is -0.505 e. The fourth-order valence-corrected chi connectivity index (χ4v) is 15.0. The third-order valence-corrected chi connectivity index (χ3v) is 19.8. The van der Waals surface area contributed by atoms with E-state index in [9.17, 15) is 45.0 Å². The lowest BCUT2D eigenvalue weighted by molar-refractivity contribution is -0.428. The molecule has 93 heavy (non-hydrogen) atoms. The lowest BCUT2D eigenvalue weighted by Gasteiger charge is -2.49. The average Bonchev–Trinajstić information content (AvgIpc) is 1.59. The van der Waals surface area contributed by atoms with Crippen LogP contribution in [0.4, 0.5) is 0 Å². The summed E-state index contributed by atoms with van der Waals surface area (Å²) in [5.74, 6) is -6.85. The lowest BCUT2D eigenvalue weighted by Crippen LogP contribution is -2.72. The van der Waals surface area contributed by atoms with E-state index in [-0.39, 0.29) is 66.2 Å². The van der Waals surface area contributed by atoms with Crippen LogP contribution in [0.1, 0.15) is 90.6 Å². The average molecular weight is 1380 g/mol. The Labute approximate surface area is 544 Å². The Balaban J connectivity index is 0.715. The number of ketones is 1. The number of methoxy groups -OCH3 is 4. The quantitative estimate of drug-likeness (QED) is 0.115. The zero-order chi connectivity index (χ0) is 67.3. The zero-order valence-corrected chi connectivity index (χ0v) is 54.9. The SMILES string of the molecule is COCC1OC(OC2OCC3OC4(OC3C2OC(C)=O)OC(C)C(O)(C(C)=O)C2OCOC24)C(OC)C(O)C1OC1OC(C)C(OC)C(OC2CC3(C)OC4(CC(O)C(OC5CC(O)C(OC(=O)c6c(C)c(Cl)c(O)c(Cl)c6OC)C(C)O5)C(C)O4)OC3C(C)O2)C1O. The van der Waals surface area contributed by atoms with Gasteiger partial charge in [-0.1, -0.05) is 23.2 Å². The number of carbonyl (C=O) groups excluding carboxylic acids is 3. The van der Waals surface area contributed by atoms with Crippen molar-refractivity contribution in [3.63, 3.8) is 0 Å². The summed E-state index contributed by atoms with van der Waals surface area (Å²) in [7, 11) is 5.34. The van der Waals surface area contributed by atoms with Gasteiger partial charge in [-0.2, -0.15) is 0 Å². The molecule has 0 amide bonds. The summed E-state index contributed by atoms with van der Waals surface area (Å²) in [6.07, 6.45) is -32.7. The molecule has 10 saturated heterocycles. The van der Waals surface area contributed by atoms with Crippen LogP contribution < -0.4 is 4.74 Å². The molecular formula is C59H84Cl2O32. The molecule has 1 aromatic carbocycles. The first-order chi connectivity index (χ1) is 44.0. The van der Waals surface area contributed by atoms with Crippen molar-refractivity contribution in [3.8, 4) is 11.5 Å². The Morgan fingerprint density at radius 3 is 1.98 bits per heavy atom. The van der Waals surface area contributed by atoms with Crippen LogP contribution in [0.5, 0.6) is 11.5 Å². The second kappa shape index (κ2) is 27.6. The molecule has 0 bridgehead atoms. The molecule has 31 atom stereocenters. The molecule has 0 radical (unpaired) electrons. The van der Waals surface area contributed by atoms with Crippen LogP contribution in [0.15, 0.2) is 0 Å². The van der Waals surface area contributed by atoms with Gasteiger partial charge >= 0.3 is 17.9 Å². The van der Waals surface area contributed by atoms with Crippen molar-refractivity contribution in [1.82, 2.24) is 0 Å². The molecule has 6 N–H and O–H groups in total. The first-order valence-electron chi connectivity index (χ1n) is 30.8. The highest BCUT2D eigenvalue weighted by atomic mass is 35.5. The van der Waals surface area contributed by atoms with E-state index in [1.54, 1.807) is 34.6 Å². The van der Waals surface area contributed by atoms with Gasteiger partial charge in [0.1, 0.15) is 96.2 Å². The predicted molar refractivity (Wildman–Crippen MR) is 304 cm³/mol. The smallest absolute Gasteiger partial charge is 0.342 e. The fraction of sp³-hybridized carbons (Fsp3) is 0.847. The van der Waals surface area contributed by atoms with Gasteiger partial charge in [0.15, 0.2) is 66.4 Å². The summed E-state index contributed by atoms with van der Waals surface area (Å²) in [4.78, 5) is 39.1. The van der Waals surface area contributed by atoms with Crippen molar-refractivity contribution in [2.75, 3.05) is 48.4 Å². The number of hydrogen-bond donors (Lipinski definition) is 6. The number of aliphatic hydroxyl groups is 5. The van der Waals surface area contributed by atoms with E-state index >= 15 is 0 Å². The van der Waals surface area contributed by atoms with Crippen molar-refractivity contribution >= 4 is 40.9 Å². The number of fused-ring (bicyclic) bond motifs is 4. The lowest BCUT2D eigenvalue weighted by atomic mass is 9.81. The van der Waals surface area contributed by atoms with E-state index in [0.717, 1.165) is 6.92 Å². The maximum atomic E-state index is 13.5. The molecule has 31 unspecified atom stereocenters. The molecule has 0 aliphatic carbocycles. The molecule has 1 aromatic rings. The predicted octanol–water partition coefficient (Wildman–Crippen LogP) is 0.416. The zero-order valence-electron chi connectivity index (χ0n) is 53.4. The number of aromatic hydroxyl groups is 1. The summed E-state index contributed by atoms with van der Waals surface area (Å²) in [6, 6.07) is 0. The number of ether oxygens (including phenoxy) is 23. The number of hydrogen-bond acceptors (Lipinski definition) is 32. The monoisotopic (exact) mass is 1370 g/mol. The van der Waals surface area contributed by atoms with Crippen LogP contribution in [0.2, 0.25) is 10.0 Å². The summed E-state index contributed by atoms with van der Waals surface area (Å²) in [5, 5.41) is 68.9. The number of rotatable bonds is 17. The van der Waals surface area contributed by atoms with Crippen LogP contribution in [0.3, 0.4) is 0 Å². The van der Waals surface area contributed by atoms with E-state index in [4.69, 9.17) is 132 Å². The van der Waals surface area contributed by atoms with E-state index in [0.29, 0.717) is 0 Å². The summed E-state index contributed by atoms with van der Waals surface area (Å²) >= 11 is 12.5. The molecule has 10 fully saturated rings. The van der Waals surface area contributed by atoms with Gasteiger partial charge in [0.25, 0.3) is 5.97 Å². The van der Waals surface area contributed by atoms with E-state index in [1.807, 2.05) is 0 Å². The standard InChI is InChI=1S/C59H84Cl2O32/c1-20-34(45(73-12)36(61)37(66)35(20)60)52(69)85-40-21(2)78-32(14-28(40)64)83-41-23(4)88-57(15-29(41)65)92-49-24(5)79-33(16-56(49,9)93-57)84-46-39(68)53(80-22(3)42(46)72-11)86-43-30(17-71-10)82-55(47(74-13)38(43)67)87-54-48(81-27(8)63)44-31(18-75-54)90-59(91-44)51-50(76-19-77-51)58(70,25(6)62)26(7)89-59/h21-24,26,28-33,38-44,46-51,53-55,64-68,70H,14-19H2,1-13H3. The molecule has 0 aromatic heterocycles. The molecule has 526 valence electrons. The molecule has 10 aliphatic heterocycles. The number of phenols is 1. The number of benzene rings is 1. The number of aliphatic hydroxyl groups excluding tert-OH is 4. The Kier molecular flexibility index (Phi) is 21.2. The Bertz CT molecular complexity index is 2840. The molecule has 10 heterocycles. The first-order valence-corrected chi connectivity index (χ1v) is 31.5. The molecule has 0 saturated carbocycles. The molecule has 10 aliphatic rings. The van der Waals surface area contributed by atoms with Crippen LogP contribution in [-0.4, -0.2) is 286 Å². The van der Waals surface area contributed by atoms with Crippen molar-refractivity contribution in [3.05, 3.63) is 21.2 Å². The highest BCUT2D eigenvalue weighted by molar-refractivity contribution is 6.39. The van der Waals surface area contributed by atoms with Gasteiger partial charge in [0.2, 0.25) is 6.29 Å². The van der Waals surface area contributed by atoms with Crippen molar-refractivity contribution < 1.29 is 154 Å². The van der Waals surface area contributed by atoms with Crippen LogP contribution in [0, 0.1) is 6.92 Å². The summed E-state index contributed by atoms with van der Waals surface area (Å²) < 4.78 is 141. The maximum Gasteiger partial charge on any atom is 0.342 e. The van der Waals surface area contributed by atoms with Crippen LogP contribution in [0.25, 0.3) is 0 Å². The third-order valence-electron chi connectivity index (χ3n) is 19.0. The fourth-order valence-electron chi connectivity index (χ4n) is 14.5. The topological polar surface area (TPSA) is 385 Å². The van der Waals surface area contributed by atoms with Gasteiger partial charge in [-0.15, -0.1) is 0 Å². The van der Waals surface area contributed by atoms with Crippen molar-refractivity contribution in [2.24, 2.45) is 0 Å². The number of phenolic OH excluding ortho intramolecular Hbond substituents is 1. The Morgan fingerprint density at radius 2 is 1.32 bits per heavy atom. The van der Waals surface area contributed by atoms with Crippen LogP contribution >= 0.6 is 23.2 Å². The van der Waals surface area contributed by atoms with Gasteiger partial charge in [-0.05, 0) is 61.0 Å². The minimum atomic E-state index is -2.12. The van der Waals surface area contributed by atoms with Crippen molar-refractivity contribution in [2.45, 2.75) is 270 Å². The second-order valence-corrected chi connectivity index (χ2v) is 26.0. The maximum absolute atomic E-state index is 13.5. The normalized spacial score (nSPS) is 48.0. The number of Topliss-reactive ketones (excluding diaryl/α,β-unsaturated/α-hetero) is 1. The van der Waals surface area contributed by atoms with Crippen molar-refractivity contribution in [1.29, 1.82) is 0 Å². The largest absolute Gasteiger partial charge is 0.505 e.